The molecule has 1 N–H and O–H groups in total. The number of pyridine rings is 1. The number of aromatic nitrogens is 1. The van der Waals surface area contributed by atoms with Crippen molar-refractivity contribution in [1.82, 2.24) is 19.5 Å². The number of sulfonamides is 1. The predicted octanol–water partition coefficient (Wildman–Crippen LogP) is 2.75. The minimum absolute atomic E-state index is 0.0416. The number of nitrogens with zero attached hydrogens (tertiary/aromatic N) is 3. The van der Waals surface area contributed by atoms with E-state index in [1.165, 1.54) is 11.4 Å². The Morgan fingerprint density at radius 2 is 1.75 bits per heavy atom. The van der Waals surface area contributed by atoms with Crippen molar-refractivity contribution in [2.24, 2.45) is 0 Å². The van der Waals surface area contributed by atoms with E-state index >= 15 is 0 Å². The molecule has 1 fully saturated rings. The number of ether oxygens (including phenoxy) is 2. The zero-order valence-corrected chi connectivity index (χ0v) is 23.9. The molecule has 2 aromatic carbocycles. The van der Waals surface area contributed by atoms with Gasteiger partial charge in [-0.2, -0.15) is 4.31 Å². The van der Waals surface area contributed by atoms with Crippen LogP contribution in [0.25, 0.3) is 10.9 Å². The van der Waals surface area contributed by atoms with Crippen LogP contribution >= 0.6 is 0 Å². The lowest BCUT2D eigenvalue weighted by Gasteiger charge is -2.37. The van der Waals surface area contributed by atoms with E-state index in [0.29, 0.717) is 50.5 Å². The van der Waals surface area contributed by atoms with Crippen LogP contribution in [-0.2, 0) is 26.2 Å². The second-order valence-corrected chi connectivity index (χ2v) is 11.8. The Kier molecular flexibility index (Phi) is 9.72. The van der Waals surface area contributed by atoms with Crippen molar-refractivity contribution in [3.63, 3.8) is 0 Å². The van der Waals surface area contributed by atoms with Crippen molar-refractivity contribution >= 4 is 32.8 Å². The lowest BCUT2D eigenvalue weighted by molar-refractivity contribution is -0.147. The van der Waals surface area contributed by atoms with Crippen LogP contribution in [0.4, 0.5) is 0 Å². The number of aryl methyl sites for hydroxylation is 1. The summed E-state index contributed by atoms with van der Waals surface area (Å²) in [4.78, 5) is 31.8. The molecule has 0 spiro atoms. The first-order chi connectivity index (χ1) is 19.2. The van der Waals surface area contributed by atoms with Crippen molar-refractivity contribution in [1.29, 1.82) is 0 Å². The monoisotopic (exact) mass is 568 g/mol. The number of fused-ring (bicyclic) bond motifs is 1. The molecule has 1 amide bonds. The molecule has 4 rings (SSSR count). The second kappa shape index (κ2) is 13.2. The standard InChI is InChI=1S/C29H36N4O6S/c1-4-17-40(36,37)33-15-13-32(14-16-33)27(29(35)38-3)19-30-28(34)22-9-11-24(12-10-22)39-20-23-18-21(2)31-26-8-6-5-7-25(23)26/h5-12,18,27H,4,13-17,19-20H2,1-3H3,(H,30,34). The summed E-state index contributed by atoms with van der Waals surface area (Å²) in [6.45, 7) is 5.51. The number of esters is 1. The lowest BCUT2D eigenvalue weighted by atomic mass is 10.1. The average molecular weight is 569 g/mol. The summed E-state index contributed by atoms with van der Waals surface area (Å²) >= 11 is 0. The molecule has 0 saturated carbocycles. The number of carbonyl (C=O) groups is 2. The van der Waals surface area contributed by atoms with Gasteiger partial charge < -0.3 is 14.8 Å². The summed E-state index contributed by atoms with van der Waals surface area (Å²) in [7, 11) is -2.00. The largest absolute Gasteiger partial charge is 0.489 e. The van der Waals surface area contributed by atoms with Crippen molar-refractivity contribution in [2.75, 3.05) is 45.6 Å². The maximum atomic E-state index is 12.9. The van der Waals surface area contributed by atoms with Crippen LogP contribution in [-0.4, -0.2) is 86.1 Å². The second-order valence-electron chi connectivity index (χ2n) is 9.75. The summed E-state index contributed by atoms with van der Waals surface area (Å²) in [5, 5.41) is 3.85. The molecule has 0 radical (unpaired) electrons. The van der Waals surface area contributed by atoms with Gasteiger partial charge in [-0.05, 0) is 49.7 Å². The summed E-state index contributed by atoms with van der Waals surface area (Å²) < 4.78 is 37.2. The Morgan fingerprint density at radius 1 is 1.05 bits per heavy atom. The first-order valence-corrected chi connectivity index (χ1v) is 15.0. The van der Waals surface area contributed by atoms with E-state index in [0.717, 1.165) is 22.2 Å². The number of rotatable bonds is 11. The van der Waals surface area contributed by atoms with E-state index in [2.05, 4.69) is 10.3 Å². The van der Waals surface area contributed by atoms with Gasteiger partial charge in [-0.1, -0.05) is 25.1 Å². The van der Waals surface area contributed by atoms with E-state index < -0.39 is 22.0 Å². The summed E-state index contributed by atoms with van der Waals surface area (Å²) in [6, 6.07) is 16.0. The minimum Gasteiger partial charge on any atom is -0.489 e. The first-order valence-electron chi connectivity index (χ1n) is 13.4. The Hall–Kier alpha value is -3.54. The molecule has 1 aliphatic heterocycles. The number of methoxy groups -OCH3 is 1. The molecule has 11 heteroatoms. The minimum atomic E-state index is -3.30. The van der Waals surface area contributed by atoms with Gasteiger partial charge in [0.2, 0.25) is 10.0 Å². The average Bonchev–Trinajstić information content (AvgIpc) is 2.96. The Morgan fingerprint density at radius 3 is 2.42 bits per heavy atom. The van der Waals surface area contributed by atoms with Crippen LogP contribution in [0.1, 0.15) is 35.0 Å². The molecule has 0 bridgehead atoms. The molecule has 1 unspecified atom stereocenters. The van der Waals surface area contributed by atoms with Crippen LogP contribution < -0.4 is 10.1 Å². The van der Waals surface area contributed by atoms with Crippen molar-refractivity contribution in [3.8, 4) is 5.75 Å². The molecule has 0 aliphatic carbocycles. The number of para-hydroxylation sites is 1. The van der Waals surface area contributed by atoms with E-state index in [9.17, 15) is 18.0 Å². The Bertz CT molecular complexity index is 1440. The Labute approximate surface area is 235 Å². The van der Waals surface area contributed by atoms with E-state index in [-0.39, 0.29) is 18.2 Å². The van der Waals surface area contributed by atoms with Crippen molar-refractivity contribution < 1.29 is 27.5 Å². The topological polar surface area (TPSA) is 118 Å². The zero-order valence-electron chi connectivity index (χ0n) is 23.1. The SMILES string of the molecule is CCCS(=O)(=O)N1CCN(C(CNC(=O)c2ccc(OCc3cc(C)nc4ccccc34)cc2)C(=O)OC)CC1. The number of piperazine rings is 1. The molecule has 10 nitrogen and oxygen atoms in total. The van der Waals surface area contributed by atoms with Crippen molar-refractivity contribution in [2.45, 2.75) is 32.9 Å². The summed E-state index contributed by atoms with van der Waals surface area (Å²) in [5.41, 5.74) is 3.29. The number of amides is 1. The van der Waals surface area contributed by atoms with E-state index in [1.54, 1.807) is 24.3 Å². The highest BCUT2D eigenvalue weighted by Crippen LogP contribution is 2.21. The number of carbonyl (C=O) groups excluding carboxylic acids is 2. The zero-order chi connectivity index (χ0) is 28.7. The van der Waals surface area contributed by atoms with Gasteiger partial charge in [0.1, 0.15) is 18.4 Å². The van der Waals surface area contributed by atoms with Gasteiger partial charge in [-0.3, -0.25) is 19.5 Å². The predicted molar refractivity (Wildman–Crippen MR) is 153 cm³/mol. The first kappa shape index (κ1) is 29.4. The third-order valence-electron chi connectivity index (χ3n) is 6.94. The molecule has 40 heavy (non-hydrogen) atoms. The van der Waals surface area contributed by atoms with Gasteiger partial charge >= 0.3 is 5.97 Å². The molecular weight excluding hydrogens is 532 g/mol. The summed E-state index contributed by atoms with van der Waals surface area (Å²) in [5.74, 6) is -0.0836. The molecule has 1 aromatic heterocycles. The van der Waals surface area contributed by atoms with Crippen LogP contribution in [0.3, 0.4) is 0 Å². The molecule has 1 atom stereocenters. The van der Waals surface area contributed by atoms with Gasteiger partial charge in [0, 0.05) is 54.9 Å². The number of hydrogen-bond acceptors (Lipinski definition) is 8. The number of hydrogen-bond donors (Lipinski definition) is 1. The number of benzene rings is 2. The lowest BCUT2D eigenvalue weighted by Crippen LogP contribution is -2.57. The maximum Gasteiger partial charge on any atom is 0.324 e. The van der Waals surface area contributed by atoms with Gasteiger partial charge in [-0.25, -0.2) is 8.42 Å². The quantitative estimate of drug-likeness (QED) is 0.351. The van der Waals surface area contributed by atoms with Crippen LogP contribution in [0.5, 0.6) is 5.75 Å². The van der Waals surface area contributed by atoms with Gasteiger partial charge in [0.25, 0.3) is 5.91 Å². The molecule has 1 aliphatic rings. The summed E-state index contributed by atoms with van der Waals surface area (Å²) in [6.07, 6.45) is 0.550. The number of nitrogens with one attached hydrogen (secondary N) is 1. The van der Waals surface area contributed by atoms with Crippen LogP contribution in [0, 0.1) is 6.92 Å². The highest BCUT2D eigenvalue weighted by molar-refractivity contribution is 7.89. The fourth-order valence-corrected chi connectivity index (χ4v) is 6.34. The molecule has 214 valence electrons. The fourth-order valence-electron chi connectivity index (χ4n) is 4.85. The van der Waals surface area contributed by atoms with Crippen molar-refractivity contribution in [3.05, 3.63) is 71.4 Å². The molecule has 3 aromatic rings. The van der Waals surface area contributed by atoms with Gasteiger partial charge in [0.15, 0.2) is 0 Å². The van der Waals surface area contributed by atoms with Crippen LogP contribution in [0.2, 0.25) is 0 Å². The molecule has 1 saturated heterocycles. The third-order valence-corrected chi connectivity index (χ3v) is 9.02. The highest BCUT2D eigenvalue weighted by Gasteiger charge is 2.33. The van der Waals surface area contributed by atoms with Gasteiger partial charge in [-0.15, -0.1) is 0 Å². The van der Waals surface area contributed by atoms with E-state index in [4.69, 9.17) is 9.47 Å². The molecular formula is C29H36N4O6S. The van der Waals surface area contributed by atoms with Crippen LogP contribution in [0.15, 0.2) is 54.6 Å². The van der Waals surface area contributed by atoms with E-state index in [1.807, 2.05) is 49.1 Å². The molecule has 2 heterocycles. The third kappa shape index (κ3) is 7.15. The Balaban J connectivity index is 1.33. The maximum absolute atomic E-state index is 12.9. The fraction of sp³-hybridized carbons (Fsp3) is 0.414. The highest BCUT2D eigenvalue weighted by atomic mass is 32.2. The smallest absolute Gasteiger partial charge is 0.324 e. The normalized spacial score (nSPS) is 15.5. The van der Waals surface area contributed by atoms with Gasteiger partial charge in [0.05, 0.1) is 18.4 Å².